The molecule has 192 valence electrons. The number of carbonyl (C=O) groups is 2. The van der Waals surface area contributed by atoms with Gasteiger partial charge < -0.3 is 19.9 Å². The maximum Gasteiger partial charge on any atom is 0.255 e. The molecule has 1 N–H and O–H groups in total. The molecule has 6 nitrogen and oxygen atoms in total. The van der Waals surface area contributed by atoms with Crippen LogP contribution >= 0.6 is 0 Å². The Morgan fingerprint density at radius 2 is 1.37 bits per heavy atom. The van der Waals surface area contributed by atoms with Crippen molar-refractivity contribution in [2.45, 2.75) is 13.5 Å². The minimum atomic E-state index is -0.171. The van der Waals surface area contributed by atoms with E-state index in [0.29, 0.717) is 25.3 Å². The van der Waals surface area contributed by atoms with Crippen LogP contribution in [0.5, 0.6) is 5.75 Å². The molecule has 5 rings (SSSR count). The highest BCUT2D eigenvalue weighted by Gasteiger charge is 2.22. The number of rotatable bonds is 7. The minimum Gasteiger partial charge on any atom is -0.489 e. The highest BCUT2D eigenvalue weighted by atomic mass is 16.5. The third kappa shape index (κ3) is 6.21. The maximum atomic E-state index is 12.8. The van der Waals surface area contributed by atoms with Crippen LogP contribution in [0.2, 0.25) is 0 Å². The Bertz CT molecular complexity index is 1360. The highest BCUT2D eigenvalue weighted by Crippen LogP contribution is 2.21. The third-order valence-electron chi connectivity index (χ3n) is 6.72. The first-order valence-electron chi connectivity index (χ1n) is 12.8. The lowest BCUT2D eigenvalue weighted by Gasteiger charge is -2.36. The zero-order chi connectivity index (χ0) is 26.3. The summed E-state index contributed by atoms with van der Waals surface area (Å²) < 4.78 is 5.80. The molecule has 0 bridgehead atoms. The van der Waals surface area contributed by atoms with Crippen molar-refractivity contribution >= 4 is 23.2 Å². The van der Waals surface area contributed by atoms with Crippen LogP contribution in [0.3, 0.4) is 0 Å². The van der Waals surface area contributed by atoms with E-state index in [2.05, 4.69) is 10.2 Å². The van der Waals surface area contributed by atoms with Crippen LogP contribution in [-0.2, 0) is 6.61 Å². The zero-order valence-corrected chi connectivity index (χ0v) is 21.5. The molecule has 0 aromatic heterocycles. The van der Waals surface area contributed by atoms with Gasteiger partial charge in [0.2, 0.25) is 0 Å². The summed E-state index contributed by atoms with van der Waals surface area (Å²) in [5.74, 6) is 0.629. The van der Waals surface area contributed by atoms with E-state index >= 15 is 0 Å². The summed E-state index contributed by atoms with van der Waals surface area (Å²) in [5.41, 5.74) is 5.35. The van der Waals surface area contributed by atoms with Crippen molar-refractivity contribution in [2.24, 2.45) is 0 Å². The van der Waals surface area contributed by atoms with Crippen molar-refractivity contribution in [3.8, 4) is 5.75 Å². The minimum absolute atomic E-state index is 0.0819. The van der Waals surface area contributed by atoms with Gasteiger partial charge in [0, 0.05) is 48.7 Å². The Morgan fingerprint density at radius 1 is 0.737 bits per heavy atom. The maximum absolute atomic E-state index is 12.8. The van der Waals surface area contributed by atoms with Crippen LogP contribution in [0.4, 0.5) is 11.4 Å². The summed E-state index contributed by atoms with van der Waals surface area (Å²) in [5, 5.41) is 2.96. The van der Waals surface area contributed by atoms with Gasteiger partial charge in [0.1, 0.15) is 12.4 Å². The van der Waals surface area contributed by atoms with Crippen LogP contribution in [0.1, 0.15) is 31.8 Å². The molecule has 0 unspecified atom stereocenters. The fourth-order valence-electron chi connectivity index (χ4n) is 4.45. The third-order valence-corrected chi connectivity index (χ3v) is 6.72. The van der Waals surface area contributed by atoms with Gasteiger partial charge in [-0.15, -0.1) is 0 Å². The first-order valence-corrected chi connectivity index (χ1v) is 12.8. The molecule has 1 saturated heterocycles. The molecule has 4 aromatic rings. The smallest absolute Gasteiger partial charge is 0.255 e. The molecular weight excluding hydrogens is 474 g/mol. The molecule has 0 aliphatic carbocycles. The average molecular weight is 506 g/mol. The number of aryl methyl sites for hydroxylation is 1. The van der Waals surface area contributed by atoms with E-state index in [4.69, 9.17) is 4.74 Å². The molecule has 1 fully saturated rings. The first kappa shape index (κ1) is 25.1. The van der Waals surface area contributed by atoms with Gasteiger partial charge in [0.15, 0.2) is 0 Å². The second-order valence-corrected chi connectivity index (χ2v) is 9.44. The Balaban J connectivity index is 1.11. The van der Waals surface area contributed by atoms with Crippen molar-refractivity contribution in [3.05, 3.63) is 125 Å². The highest BCUT2D eigenvalue weighted by molar-refractivity contribution is 6.04. The number of hydrogen-bond donors (Lipinski definition) is 1. The Labute approximate surface area is 223 Å². The molecule has 1 aliphatic rings. The number of anilines is 2. The lowest BCUT2D eigenvalue weighted by molar-refractivity contribution is 0.0746. The summed E-state index contributed by atoms with van der Waals surface area (Å²) in [6.07, 6.45) is 0. The number of piperazine rings is 1. The van der Waals surface area contributed by atoms with Gasteiger partial charge >= 0.3 is 0 Å². The van der Waals surface area contributed by atoms with Gasteiger partial charge in [-0.1, -0.05) is 48.0 Å². The Kier molecular flexibility index (Phi) is 7.69. The van der Waals surface area contributed by atoms with Crippen LogP contribution < -0.4 is 15.0 Å². The fourth-order valence-corrected chi connectivity index (χ4v) is 4.45. The van der Waals surface area contributed by atoms with Crippen molar-refractivity contribution in [1.82, 2.24) is 4.90 Å². The largest absolute Gasteiger partial charge is 0.489 e. The summed E-state index contributed by atoms with van der Waals surface area (Å²) in [6.45, 7) is 5.39. The van der Waals surface area contributed by atoms with Gasteiger partial charge in [0.25, 0.3) is 11.8 Å². The Morgan fingerprint density at radius 3 is 2.03 bits per heavy atom. The van der Waals surface area contributed by atoms with Gasteiger partial charge in [-0.05, 0) is 73.2 Å². The number of carbonyl (C=O) groups excluding carboxylic acids is 2. The van der Waals surface area contributed by atoms with Crippen LogP contribution in [0, 0.1) is 6.92 Å². The average Bonchev–Trinajstić information content (AvgIpc) is 2.97. The van der Waals surface area contributed by atoms with Gasteiger partial charge in [-0.25, -0.2) is 0 Å². The molecule has 38 heavy (non-hydrogen) atoms. The number of hydrogen-bond acceptors (Lipinski definition) is 4. The lowest BCUT2D eigenvalue weighted by atomic mass is 10.1. The fraction of sp³-hybridized carbons (Fsp3) is 0.188. The summed E-state index contributed by atoms with van der Waals surface area (Å²) in [7, 11) is 0. The van der Waals surface area contributed by atoms with Crippen LogP contribution in [-0.4, -0.2) is 42.9 Å². The van der Waals surface area contributed by atoms with E-state index in [0.717, 1.165) is 46.9 Å². The summed E-state index contributed by atoms with van der Waals surface area (Å²) in [4.78, 5) is 29.7. The molecular formula is C32H31N3O3. The van der Waals surface area contributed by atoms with E-state index in [1.807, 2.05) is 103 Å². The van der Waals surface area contributed by atoms with E-state index in [1.165, 1.54) is 0 Å². The van der Waals surface area contributed by atoms with Gasteiger partial charge in [-0.3, -0.25) is 9.59 Å². The number of benzene rings is 4. The standard InChI is InChI=1S/C32H31N3O3/c1-24-7-9-27(10-8-24)32(37)35-21-19-34(20-22-35)29-15-13-28(14-16-29)33-31(36)26-11-17-30(18-12-26)38-23-25-5-3-2-4-6-25/h2-18H,19-23H2,1H3,(H,33,36). The second kappa shape index (κ2) is 11.6. The van der Waals surface area contributed by atoms with Crippen LogP contribution in [0.25, 0.3) is 0 Å². The van der Waals surface area contributed by atoms with Gasteiger partial charge in [0.05, 0.1) is 0 Å². The van der Waals surface area contributed by atoms with E-state index in [9.17, 15) is 9.59 Å². The molecule has 0 radical (unpaired) electrons. The summed E-state index contributed by atoms with van der Waals surface area (Å²) in [6, 6.07) is 32.7. The normalized spacial score (nSPS) is 13.2. The first-order chi connectivity index (χ1) is 18.5. The SMILES string of the molecule is Cc1ccc(C(=O)N2CCN(c3ccc(NC(=O)c4ccc(OCc5ccccc5)cc4)cc3)CC2)cc1. The van der Waals surface area contributed by atoms with Crippen molar-refractivity contribution in [1.29, 1.82) is 0 Å². The molecule has 4 aromatic carbocycles. The van der Waals surface area contributed by atoms with Crippen molar-refractivity contribution in [3.63, 3.8) is 0 Å². The summed E-state index contributed by atoms with van der Waals surface area (Å²) >= 11 is 0. The number of nitrogens with one attached hydrogen (secondary N) is 1. The molecule has 0 spiro atoms. The topological polar surface area (TPSA) is 61.9 Å². The van der Waals surface area contributed by atoms with Crippen molar-refractivity contribution < 1.29 is 14.3 Å². The second-order valence-electron chi connectivity index (χ2n) is 9.44. The zero-order valence-electron chi connectivity index (χ0n) is 21.5. The van der Waals surface area contributed by atoms with E-state index in [-0.39, 0.29) is 11.8 Å². The molecule has 6 heteroatoms. The molecule has 1 heterocycles. The van der Waals surface area contributed by atoms with Crippen molar-refractivity contribution in [2.75, 3.05) is 36.4 Å². The molecule has 0 atom stereocenters. The number of amides is 2. The predicted molar refractivity (Wildman–Crippen MR) is 151 cm³/mol. The lowest BCUT2D eigenvalue weighted by Crippen LogP contribution is -2.48. The predicted octanol–water partition coefficient (Wildman–Crippen LogP) is 5.79. The molecule has 2 amide bonds. The molecule has 0 saturated carbocycles. The van der Waals surface area contributed by atoms with Gasteiger partial charge in [-0.2, -0.15) is 0 Å². The molecule has 1 aliphatic heterocycles. The quantitative estimate of drug-likeness (QED) is 0.345. The number of nitrogens with zero attached hydrogens (tertiary/aromatic N) is 2. The Hall–Kier alpha value is -4.58. The van der Waals surface area contributed by atoms with Crippen LogP contribution in [0.15, 0.2) is 103 Å². The van der Waals surface area contributed by atoms with E-state index < -0.39 is 0 Å². The number of ether oxygens (including phenoxy) is 1. The monoisotopic (exact) mass is 505 g/mol. The van der Waals surface area contributed by atoms with E-state index in [1.54, 1.807) is 12.1 Å².